The summed E-state index contributed by atoms with van der Waals surface area (Å²) in [5.41, 5.74) is 2.07. The molecule has 0 atom stereocenters. The highest BCUT2D eigenvalue weighted by atomic mass is 16.1. The Bertz CT molecular complexity index is 540. The lowest BCUT2D eigenvalue weighted by Gasteiger charge is -2.07. The van der Waals surface area contributed by atoms with E-state index in [2.05, 4.69) is 20.6 Å². The minimum atomic E-state index is -0.00232. The maximum Gasteiger partial charge on any atom is 0.225 e. The van der Waals surface area contributed by atoms with Gasteiger partial charge in [0.25, 0.3) is 0 Å². The van der Waals surface area contributed by atoms with Crippen LogP contribution in [0.15, 0.2) is 42.9 Å². The van der Waals surface area contributed by atoms with Gasteiger partial charge in [0.1, 0.15) is 5.82 Å². The molecule has 2 rings (SSSR count). The Morgan fingerprint density at radius 3 is 2.65 bits per heavy atom. The van der Waals surface area contributed by atoms with E-state index in [0.29, 0.717) is 18.8 Å². The summed E-state index contributed by atoms with van der Waals surface area (Å²) in [6.45, 7) is 2.69. The molecule has 0 aliphatic carbocycles. The standard InChI is InChI=1S/C15H18N4O/c1-2-3-15(20)19-14-5-4-13(11-18-14)17-10-12-6-8-16-9-7-12/h4-9,11,17H,2-3,10H2,1H3,(H,18,19,20). The summed E-state index contributed by atoms with van der Waals surface area (Å²) in [5, 5.41) is 6.02. The fourth-order valence-corrected chi connectivity index (χ4v) is 1.71. The van der Waals surface area contributed by atoms with Crippen molar-refractivity contribution in [2.75, 3.05) is 10.6 Å². The molecule has 0 aliphatic heterocycles. The lowest BCUT2D eigenvalue weighted by atomic mass is 10.2. The van der Waals surface area contributed by atoms with Gasteiger partial charge in [-0.05, 0) is 36.2 Å². The van der Waals surface area contributed by atoms with Crippen LogP contribution in [0.3, 0.4) is 0 Å². The summed E-state index contributed by atoms with van der Waals surface area (Å²) in [7, 11) is 0. The lowest BCUT2D eigenvalue weighted by molar-refractivity contribution is -0.116. The minimum Gasteiger partial charge on any atom is -0.380 e. The van der Waals surface area contributed by atoms with Gasteiger partial charge >= 0.3 is 0 Å². The third-order valence-corrected chi connectivity index (χ3v) is 2.75. The van der Waals surface area contributed by atoms with Crippen LogP contribution in [0.4, 0.5) is 11.5 Å². The van der Waals surface area contributed by atoms with E-state index in [0.717, 1.165) is 17.7 Å². The Labute approximate surface area is 118 Å². The smallest absolute Gasteiger partial charge is 0.225 e. The Hall–Kier alpha value is -2.43. The molecule has 2 N–H and O–H groups in total. The molecule has 0 spiro atoms. The molecule has 0 radical (unpaired) electrons. The van der Waals surface area contributed by atoms with Crippen molar-refractivity contribution in [3.8, 4) is 0 Å². The second kappa shape index (κ2) is 7.23. The van der Waals surface area contributed by atoms with E-state index in [-0.39, 0.29) is 5.91 Å². The molecule has 5 nitrogen and oxygen atoms in total. The SMILES string of the molecule is CCCC(=O)Nc1ccc(NCc2ccncc2)cn1. The lowest BCUT2D eigenvalue weighted by Crippen LogP contribution is -2.11. The molecule has 104 valence electrons. The molecule has 5 heteroatoms. The van der Waals surface area contributed by atoms with Crippen LogP contribution in [0.25, 0.3) is 0 Å². The summed E-state index contributed by atoms with van der Waals surface area (Å²) >= 11 is 0. The molecule has 0 bridgehead atoms. The summed E-state index contributed by atoms with van der Waals surface area (Å²) in [5.74, 6) is 0.579. The first-order valence-electron chi connectivity index (χ1n) is 6.66. The van der Waals surface area contributed by atoms with E-state index in [1.807, 2.05) is 25.1 Å². The highest BCUT2D eigenvalue weighted by Crippen LogP contribution is 2.11. The van der Waals surface area contributed by atoms with Gasteiger partial charge in [0.05, 0.1) is 11.9 Å². The highest BCUT2D eigenvalue weighted by molar-refractivity contribution is 5.89. The first kappa shape index (κ1) is 14.0. The van der Waals surface area contributed by atoms with Crippen molar-refractivity contribution in [1.29, 1.82) is 0 Å². The van der Waals surface area contributed by atoms with Gasteiger partial charge in [-0.1, -0.05) is 6.92 Å². The second-order valence-corrected chi connectivity index (χ2v) is 4.44. The molecular formula is C15H18N4O. The minimum absolute atomic E-state index is 0.00232. The number of nitrogens with zero attached hydrogens (tertiary/aromatic N) is 2. The molecular weight excluding hydrogens is 252 g/mol. The zero-order valence-electron chi connectivity index (χ0n) is 11.5. The van der Waals surface area contributed by atoms with Crippen molar-refractivity contribution < 1.29 is 4.79 Å². The summed E-state index contributed by atoms with van der Waals surface area (Å²) in [6, 6.07) is 7.61. The maximum atomic E-state index is 11.4. The largest absolute Gasteiger partial charge is 0.380 e. The molecule has 2 aromatic rings. The summed E-state index contributed by atoms with van der Waals surface area (Å²) in [4.78, 5) is 19.6. The molecule has 2 heterocycles. The van der Waals surface area contributed by atoms with Crippen LogP contribution in [0, 0.1) is 0 Å². The van der Waals surface area contributed by atoms with Crippen LogP contribution in [0.1, 0.15) is 25.3 Å². The zero-order chi connectivity index (χ0) is 14.2. The topological polar surface area (TPSA) is 66.9 Å². The number of carbonyl (C=O) groups excluding carboxylic acids is 1. The number of hydrogen-bond acceptors (Lipinski definition) is 4. The quantitative estimate of drug-likeness (QED) is 0.847. The second-order valence-electron chi connectivity index (χ2n) is 4.44. The Kier molecular flexibility index (Phi) is 5.06. The molecule has 0 aromatic carbocycles. The average Bonchev–Trinajstić information content (AvgIpc) is 2.48. The van der Waals surface area contributed by atoms with Gasteiger partial charge in [0.2, 0.25) is 5.91 Å². The van der Waals surface area contributed by atoms with Crippen molar-refractivity contribution in [3.63, 3.8) is 0 Å². The normalized spacial score (nSPS) is 10.1. The first-order chi connectivity index (χ1) is 9.78. The molecule has 1 amide bonds. The van der Waals surface area contributed by atoms with Gasteiger partial charge in [-0.25, -0.2) is 4.98 Å². The van der Waals surface area contributed by atoms with Crippen LogP contribution in [0.2, 0.25) is 0 Å². The van der Waals surface area contributed by atoms with Gasteiger partial charge < -0.3 is 10.6 Å². The molecule has 0 unspecified atom stereocenters. The van der Waals surface area contributed by atoms with Crippen molar-refractivity contribution in [2.45, 2.75) is 26.3 Å². The van der Waals surface area contributed by atoms with Gasteiger partial charge in [-0.3, -0.25) is 9.78 Å². The van der Waals surface area contributed by atoms with E-state index in [9.17, 15) is 4.79 Å². The van der Waals surface area contributed by atoms with Crippen LogP contribution in [0.5, 0.6) is 0 Å². The molecule has 2 aromatic heterocycles. The van der Waals surface area contributed by atoms with Crippen LogP contribution in [-0.4, -0.2) is 15.9 Å². The number of nitrogens with one attached hydrogen (secondary N) is 2. The molecule has 0 saturated heterocycles. The number of carbonyl (C=O) groups is 1. The summed E-state index contributed by atoms with van der Waals surface area (Å²) < 4.78 is 0. The van der Waals surface area contributed by atoms with Gasteiger partial charge in [0, 0.05) is 25.4 Å². The first-order valence-corrected chi connectivity index (χ1v) is 6.66. The van der Waals surface area contributed by atoms with E-state index >= 15 is 0 Å². The van der Waals surface area contributed by atoms with Crippen molar-refractivity contribution in [1.82, 2.24) is 9.97 Å². The summed E-state index contributed by atoms with van der Waals surface area (Å²) in [6.07, 6.45) is 6.59. The third kappa shape index (κ3) is 4.35. The number of aromatic nitrogens is 2. The van der Waals surface area contributed by atoms with Crippen molar-refractivity contribution in [3.05, 3.63) is 48.4 Å². The van der Waals surface area contributed by atoms with Crippen molar-refractivity contribution in [2.24, 2.45) is 0 Å². The highest BCUT2D eigenvalue weighted by Gasteiger charge is 2.01. The van der Waals surface area contributed by atoms with Crippen molar-refractivity contribution >= 4 is 17.4 Å². The predicted octanol–water partition coefficient (Wildman–Crippen LogP) is 2.83. The maximum absolute atomic E-state index is 11.4. The Balaban J connectivity index is 1.87. The number of amides is 1. The predicted molar refractivity (Wildman–Crippen MR) is 79.3 cm³/mol. The molecule has 0 fully saturated rings. The Morgan fingerprint density at radius 2 is 2.00 bits per heavy atom. The fourth-order valence-electron chi connectivity index (χ4n) is 1.71. The van der Waals surface area contributed by atoms with E-state index < -0.39 is 0 Å². The van der Waals surface area contributed by atoms with Gasteiger partial charge in [-0.15, -0.1) is 0 Å². The Morgan fingerprint density at radius 1 is 1.20 bits per heavy atom. The van der Waals surface area contributed by atoms with Crippen LogP contribution < -0.4 is 10.6 Å². The van der Waals surface area contributed by atoms with Gasteiger partial charge in [-0.2, -0.15) is 0 Å². The van der Waals surface area contributed by atoms with Crippen LogP contribution in [-0.2, 0) is 11.3 Å². The number of hydrogen-bond donors (Lipinski definition) is 2. The number of pyridine rings is 2. The van der Waals surface area contributed by atoms with Gasteiger partial charge in [0.15, 0.2) is 0 Å². The fraction of sp³-hybridized carbons (Fsp3) is 0.267. The monoisotopic (exact) mass is 270 g/mol. The average molecular weight is 270 g/mol. The molecule has 0 aliphatic rings. The van der Waals surface area contributed by atoms with E-state index in [1.165, 1.54) is 0 Å². The zero-order valence-corrected chi connectivity index (χ0v) is 11.5. The third-order valence-electron chi connectivity index (χ3n) is 2.75. The number of rotatable bonds is 6. The molecule has 0 saturated carbocycles. The van der Waals surface area contributed by atoms with Crippen LogP contribution >= 0.6 is 0 Å². The van der Waals surface area contributed by atoms with E-state index in [1.54, 1.807) is 24.7 Å². The van der Waals surface area contributed by atoms with E-state index in [4.69, 9.17) is 0 Å². The number of anilines is 2. The molecule has 20 heavy (non-hydrogen) atoms.